The van der Waals surface area contributed by atoms with Gasteiger partial charge in [0.05, 0.1) is 19.8 Å². The number of carbonyl (C=O) groups excluding carboxylic acids is 2. The van der Waals surface area contributed by atoms with E-state index in [0.717, 1.165) is 29.7 Å². The summed E-state index contributed by atoms with van der Waals surface area (Å²) < 4.78 is 10.2. The number of rotatable bonds is 5. The van der Waals surface area contributed by atoms with Gasteiger partial charge in [0.1, 0.15) is 22.4 Å². The molecule has 1 unspecified atom stereocenters. The lowest BCUT2D eigenvalue weighted by Gasteiger charge is -2.18. The number of nitrogens with one attached hydrogen (secondary N) is 1. The van der Waals surface area contributed by atoms with Gasteiger partial charge in [0.15, 0.2) is 0 Å². The second kappa shape index (κ2) is 8.93. The molecular weight excluding hydrogens is 388 g/mol. The Labute approximate surface area is 173 Å². The van der Waals surface area contributed by atoms with Crippen LogP contribution in [0.25, 0.3) is 6.08 Å². The van der Waals surface area contributed by atoms with Crippen LogP contribution in [-0.2, 0) is 22.4 Å². The van der Waals surface area contributed by atoms with E-state index in [0.29, 0.717) is 27.8 Å². The molecule has 0 spiro atoms. The first-order valence-electron chi connectivity index (χ1n) is 9.27. The van der Waals surface area contributed by atoms with E-state index in [1.54, 1.807) is 18.2 Å². The highest BCUT2D eigenvalue weighted by Crippen LogP contribution is 2.40. The van der Waals surface area contributed by atoms with Crippen LogP contribution in [0.2, 0.25) is 0 Å². The van der Waals surface area contributed by atoms with Gasteiger partial charge in [-0.1, -0.05) is 25.1 Å². The maximum absolute atomic E-state index is 12.8. The molecule has 3 rings (SSSR count). The summed E-state index contributed by atoms with van der Waals surface area (Å²) >= 11 is 1.39. The minimum atomic E-state index is -0.574. The van der Waals surface area contributed by atoms with Gasteiger partial charge in [-0.3, -0.25) is 4.79 Å². The maximum Gasteiger partial charge on any atom is 0.341 e. The Morgan fingerprint density at radius 2 is 2.07 bits per heavy atom. The molecule has 0 aliphatic heterocycles. The minimum absolute atomic E-state index is 0.0787. The summed E-state index contributed by atoms with van der Waals surface area (Å²) in [5.74, 6) is 0.0361. The van der Waals surface area contributed by atoms with Crippen molar-refractivity contribution in [3.8, 4) is 11.8 Å². The molecule has 1 N–H and O–H groups in total. The van der Waals surface area contributed by atoms with Crippen LogP contribution in [0.1, 0.15) is 39.7 Å². The molecule has 6 nitrogen and oxygen atoms in total. The number of hydrogen-bond donors (Lipinski definition) is 1. The molecule has 1 aromatic carbocycles. The van der Waals surface area contributed by atoms with Crippen molar-refractivity contribution >= 4 is 34.3 Å². The summed E-state index contributed by atoms with van der Waals surface area (Å²) in [6.45, 7) is 2.17. The van der Waals surface area contributed by atoms with Crippen LogP contribution in [0.15, 0.2) is 29.8 Å². The molecule has 0 fully saturated rings. The van der Waals surface area contributed by atoms with E-state index in [-0.39, 0.29) is 5.57 Å². The summed E-state index contributed by atoms with van der Waals surface area (Å²) in [6.07, 6.45) is 4.09. The molecule has 1 amide bonds. The lowest BCUT2D eigenvalue weighted by molar-refractivity contribution is -0.112. The molecule has 1 aromatic heterocycles. The van der Waals surface area contributed by atoms with Gasteiger partial charge >= 0.3 is 5.97 Å². The fraction of sp³-hybridized carbons (Fsp3) is 0.318. The zero-order valence-corrected chi connectivity index (χ0v) is 17.4. The molecule has 1 heterocycles. The maximum atomic E-state index is 12.8. The lowest BCUT2D eigenvalue weighted by Crippen LogP contribution is -2.16. The molecule has 7 heteroatoms. The molecule has 0 radical (unpaired) electrons. The van der Waals surface area contributed by atoms with E-state index in [2.05, 4.69) is 12.2 Å². The Kier molecular flexibility index (Phi) is 6.35. The quantitative estimate of drug-likeness (QED) is 0.453. The summed E-state index contributed by atoms with van der Waals surface area (Å²) in [7, 11) is 2.85. The first kappa shape index (κ1) is 20.6. The van der Waals surface area contributed by atoms with Crippen molar-refractivity contribution in [3.05, 3.63) is 51.4 Å². The van der Waals surface area contributed by atoms with Crippen molar-refractivity contribution in [3.63, 3.8) is 0 Å². The number of benzene rings is 1. The number of amides is 1. The molecule has 2 aromatic rings. The van der Waals surface area contributed by atoms with Crippen LogP contribution in [0.3, 0.4) is 0 Å². The standard InChI is InChI=1S/C22H22N2O4S/c1-13-8-9-16-18(10-13)29-21(19(16)22(26)28-3)24-20(25)15(12-23)11-14-6-4-5-7-17(14)27-2/h4-7,11,13H,8-10H2,1-3H3,(H,24,25)/b15-11+. The van der Waals surface area contributed by atoms with Gasteiger partial charge in [0.2, 0.25) is 0 Å². The van der Waals surface area contributed by atoms with Crippen molar-refractivity contribution in [1.82, 2.24) is 0 Å². The molecule has 29 heavy (non-hydrogen) atoms. The normalized spacial score (nSPS) is 15.8. The number of hydrogen-bond acceptors (Lipinski definition) is 6. The predicted molar refractivity (Wildman–Crippen MR) is 112 cm³/mol. The molecule has 150 valence electrons. The Morgan fingerprint density at radius 1 is 1.31 bits per heavy atom. The number of ether oxygens (including phenoxy) is 2. The van der Waals surface area contributed by atoms with E-state index in [4.69, 9.17) is 9.47 Å². The van der Waals surface area contributed by atoms with Gasteiger partial charge in [-0.15, -0.1) is 11.3 Å². The van der Waals surface area contributed by atoms with E-state index < -0.39 is 11.9 Å². The van der Waals surface area contributed by atoms with Crippen LogP contribution >= 0.6 is 11.3 Å². The Balaban J connectivity index is 1.94. The van der Waals surface area contributed by atoms with Crippen LogP contribution < -0.4 is 10.1 Å². The number of fused-ring (bicyclic) bond motifs is 1. The van der Waals surface area contributed by atoms with Gasteiger partial charge in [-0.25, -0.2) is 4.79 Å². The van der Waals surface area contributed by atoms with Crippen molar-refractivity contribution in [2.75, 3.05) is 19.5 Å². The topological polar surface area (TPSA) is 88.4 Å². The number of nitriles is 1. The summed E-state index contributed by atoms with van der Waals surface area (Å²) in [5, 5.41) is 12.7. The van der Waals surface area contributed by atoms with Crippen molar-refractivity contribution in [2.24, 2.45) is 5.92 Å². The Hall–Kier alpha value is -3.11. The summed E-state index contributed by atoms with van der Waals surface area (Å²) in [4.78, 5) is 26.3. The number of carbonyl (C=O) groups is 2. The van der Waals surface area contributed by atoms with E-state index >= 15 is 0 Å². The first-order valence-corrected chi connectivity index (χ1v) is 10.1. The number of thiophene rings is 1. The smallest absolute Gasteiger partial charge is 0.341 e. The zero-order chi connectivity index (χ0) is 21.0. The number of esters is 1. The Morgan fingerprint density at radius 3 is 2.76 bits per heavy atom. The fourth-order valence-corrected chi connectivity index (χ4v) is 4.81. The van der Waals surface area contributed by atoms with Gasteiger partial charge in [0, 0.05) is 10.4 Å². The monoisotopic (exact) mass is 410 g/mol. The highest BCUT2D eigenvalue weighted by Gasteiger charge is 2.29. The molecule has 0 saturated carbocycles. The van der Waals surface area contributed by atoms with Crippen LogP contribution in [0.5, 0.6) is 5.75 Å². The molecule has 0 bridgehead atoms. The van der Waals surface area contributed by atoms with Gasteiger partial charge in [0.25, 0.3) is 5.91 Å². The number of para-hydroxylation sites is 1. The van der Waals surface area contributed by atoms with Crippen molar-refractivity contribution in [2.45, 2.75) is 26.2 Å². The van der Waals surface area contributed by atoms with E-state index in [1.165, 1.54) is 31.6 Å². The minimum Gasteiger partial charge on any atom is -0.496 e. The van der Waals surface area contributed by atoms with Crippen LogP contribution in [0, 0.1) is 17.2 Å². The van der Waals surface area contributed by atoms with Gasteiger partial charge < -0.3 is 14.8 Å². The van der Waals surface area contributed by atoms with Crippen molar-refractivity contribution in [1.29, 1.82) is 5.26 Å². The second-order valence-electron chi connectivity index (χ2n) is 6.91. The van der Waals surface area contributed by atoms with Crippen LogP contribution in [-0.4, -0.2) is 26.1 Å². The number of nitrogens with zero attached hydrogens (tertiary/aromatic N) is 1. The molecular formula is C22H22N2O4S. The summed E-state index contributed by atoms with van der Waals surface area (Å²) in [6, 6.07) is 9.05. The third kappa shape index (κ3) is 4.33. The molecule has 0 saturated heterocycles. The second-order valence-corrected chi connectivity index (χ2v) is 8.02. The molecule has 1 aliphatic carbocycles. The molecule has 1 aliphatic rings. The molecule has 1 atom stereocenters. The third-order valence-electron chi connectivity index (χ3n) is 4.93. The van der Waals surface area contributed by atoms with E-state index in [1.807, 2.05) is 12.1 Å². The SMILES string of the molecule is COC(=O)c1c(NC(=O)/C(C#N)=C/c2ccccc2OC)sc2c1CCC(C)C2. The largest absolute Gasteiger partial charge is 0.496 e. The van der Waals surface area contributed by atoms with Crippen LogP contribution in [0.4, 0.5) is 5.00 Å². The highest BCUT2D eigenvalue weighted by molar-refractivity contribution is 7.17. The predicted octanol–water partition coefficient (Wildman–Crippen LogP) is 4.21. The highest BCUT2D eigenvalue weighted by atomic mass is 32.1. The van der Waals surface area contributed by atoms with Gasteiger partial charge in [-0.05, 0) is 42.9 Å². The average molecular weight is 410 g/mol. The zero-order valence-electron chi connectivity index (χ0n) is 16.6. The lowest BCUT2D eigenvalue weighted by atomic mass is 9.88. The fourth-order valence-electron chi connectivity index (χ4n) is 3.42. The summed E-state index contributed by atoms with van der Waals surface area (Å²) in [5.41, 5.74) is 1.89. The number of methoxy groups -OCH3 is 2. The average Bonchev–Trinajstić information content (AvgIpc) is 3.08. The first-order chi connectivity index (χ1) is 14.0. The third-order valence-corrected chi connectivity index (χ3v) is 6.10. The van der Waals surface area contributed by atoms with E-state index in [9.17, 15) is 14.9 Å². The van der Waals surface area contributed by atoms with Gasteiger partial charge in [-0.2, -0.15) is 5.26 Å². The number of anilines is 1. The van der Waals surface area contributed by atoms with Crippen molar-refractivity contribution < 1.29 is 19.1 Å². The Bertz CT molecular complexity index is 1020.